The molecule has 0 bridgehead atoms. The second kappa shape index (κ2) is 5.81. The molecule has 0 spiro atoms. The van der Waals surface area contributed by atoms with Crippen LogP contribution in [0.4, 0.5) is 5.69 Å². The highest BCUT2D eigenvalue weighted by Crippen LogP contribution is 2.29. The molecular formula is C15H21BrN2O. The van der Waals surface area contributed by atoms with Crippen LogP contribution in [0.3, 0.4) is 0 Å². The van der Waals surface area contributed by atoms with Gasteiger partial charge >= 0.3 is 0 Å². The number of hydrogen-bond donors (Lipinski definition) is 1. The monoisotopic (exact) mass is 324 g/mol. The third kappa shape index (κ3) is 3.30. The van der Waals surface area contributed by atoms with E-state index >= 15 is 0 Å². The Bertz CT molecular complexity index is 442. The van der Waals surface area contributed by atoms with Crippen molar-refractivity contribution in [3.8, 4) is 0 Å². The Morgan fingerprint density at radius 3 is 2.89 bits per heavy atom. The molecule has 0 aromatic heterocycles. The molecule has 1 aromatic rings. The van der Waals surface area contributed by atoms with Crippen molar-refractivity contribution >= 4 is 21.6 Å². The van der Waals surface area contributed by atoms with Crippen molar-refractivity contribution < 1.29 is 4.74 Å². The quantitative estimate of drug-likeness (QED) is 0.901. The highest BCUT2D eigenvalue weighted by molar-refractivity contribution is 9.10. The summed E-state index contributed by atoms with van der Waals surface area (Å²) < 4.78 is 6.65. The molecule has 1 unspecified atom stereocenters. The zero-order chi connectivity index (χ0) is 13.2. The molecule has 3 rings (SSSR count). The Morgan fingerprint density at radius 1 is 1.37 bits per heavy atom. The van der Waals surface area contributed by atoms with Crippen LogP contribution in [0.15, 0.2) is 22.7 Å². The number of likely N-dealkylation sites (N-methyl/N-ethyl adjacent to an activating group) is 1. The lowest BCUT2D eigenvalue weighted by atomic mass is 10.1. The standard InChI is InChI=1S/C15H21BrN2O/c1-18(14-6-7-19-10-14)15-8-12(16)3-2-11(15)9-17-13-4-5-13/h2-3,8,13-14,17H,4-7,9-10H2,1H3. The molecular weight excluding hydrogens is 304 g/mol. The van der Waals surface area contributed by atoms with E-state index in [-0.39, 0.29) is 0 Å². The van der Waals surface area contributed by atoms with Gasteiger partial charge < -0.3 is 15.0 Å². The van der Waals surface area contributed by atoms with Gasteiger partial charge in [-0.05, 0) is 37.0 Å². The second-order valence-electron chi connectivity index (χ2n) is 5.56. The maximum atomic E-state index is 5.51. The lowest BCUT2D eigenvalue weighted by Gasteiger charge is -2.28. The summed E-state index contributed by atoms with van der Waals surface area (Å²) in [6.45, 7) is 2.70. The summed E-state index contributed by atoms with van der Waals surface area (Å²) in [5, 5.41) is 3.60. The average Bonchev–Trinajstić information content (AvgIpc) is 3.08. The molecule has 4 heteroatoms. The fourth-order valence-corrected chi connectivity index (χ4v) is 2.93. The van der Waals surface area contributed by atoms with E-state index in [1.165, 1.54) is 24.1 Å². The van der Waals surface area contributed by atoms with Gasteiger partial charge in [-0.25, -0.2) is 0 Å². The molecule has 1 N–H and O–H groups in total. The number of halogens is 1. The van der Waals surface area contributed by atoms with Gasteiger partial charge in [-0.15, -0.1) is 0 Å². The SMILES string of the molecule is CN(c1cc(Br)ccc1CNC1CC1)C1CCOC1. The summed E-state index contributed by atoms with van der Waals surface area (Å²) in [5.74, 6) is 0. The first-order chi connectivity index (χ1) is 9.24. The Hall–Kier alpha value is -0.580. The molecule has 1 saturated carbocycles. The Kier molecular flexibility index (Phi) is 4.10. The molecule has 2 aliphatic rings. The number of nitrogens with zero attached hydrogens (tertiary/aromatic N) is 1. The summed E-state index contributed by atoms with van der Waals surface area (Å²) in [7, 11) is 2.18. The minimum Gasteiger partial charge on any atom is -0.379 e. The van der Waals surface area contributed by atoms with E-state index < -0.39 is 0 Å². The first-order valence-corrected chi connectivity index (χ1v) is 7.86. The fourth-order valence-electron chi connectivity index (χ4n) is 2.58. The Morgan fingerprint density at radius 2 is 2.21 bits per heavy atom. The molecule has 1 saturated heterocycles. The average molecular weight is 325 g/mol. The van der Waals surface area contributed by atoms with Crippen molar-refractivity contribution in [3.05, 3.63) is 28.2 Å². The predicted molar refractivity (Wildman–Crippen MR) is 81.6 cm³/mol. The van der Waals surface area contributed by atoms with E-state index in [4.69, 9.17) is 4.74 Å². The van der Waals surface area contributed by atoms with Gasteiger partial charge in [0, 0.05) is 36.4 Å². The predicted octanol–water partition coefficient (Wildman–Crippen LogP) is 2.93. The third-order valence-electron chi connectivity index (χ3n) is 4.04. The second-order valence-corrected chi connectivity index (χ2v) is 6.47. The van der Waals surface area contributed by atoms with Crippen LogP contribution in [0, 0.1) is 0 Å². The number of anilines is 1. The smallest absolute Gasteiger partial charge is 0.0670 e. The number of benzene rings is 1. The minimum atomic E-state index is 0.508. The number of ether oxygens (including phenoxy) is 1. The maximum Gasteiger partial charge on any atom is 0.0670 e. The van der Waals surface area contributed by atoms with Crippen molar-refractivity contribution in [2.45, 2.75) is 37.9 Å². The zero-order valence-electron chi connectivity index (χ0n) is 11.4. The van der Waals surface area contributed by atoms with Crippen molar-refractivity contribution in [2.24, 2.45) is 0 Å². The van der Waals surface area contributed by atoms with E-state index in [9.17, 15) is 0 Å². The largest absolute Gasteiger partial charge is 0.379 e. The zero-order valence-corrected chi connectivity index (χ0v) is 12.9. The van der Waals surface area contributed by atoms with Crippen LogP contribution in [-0.2, 0) is 11.3 Å². The number of nitrogens with one attached hydrogen (secondary N) is 1. The van der Waals surface area contributed by atoms with E-state index in [1.807, 2.05) is 0 Å². The van der Waals surface area contributed by atoms with Crippen LogP contribution in [0.2, 0.25) is 0 Å². The van der Waals surface area contributed by atoms with Gasteiger partial charge in [0.15, 0.2) is 0 Å². The highest BCUT2D eigenvalue weighted by Gasteiger charge is 2.24. The van der Waals surface area contributed by atoms with Crippen molar-refractivity contribution in [3.63, 3.8) is 0 Å². The summed E-state index contributed by atoms with van der Waals surface area (Å²) >= 11 is 3.59. The lowest BCUT2D eigenvalue weighted by molar-refractivity contribution is 0.193. The van der Waals surface area contributed by atoms with E-state index in [1.54, 1.807) is 0 Å². The minimum absolute atomic E-state index is 0.508. The van der Waals surface area contributed by atoms with Crippen LogP contribution < -0.4 is 10.2 Å². The molecule has 3 nitrogen and oxygen atoms in total. The van der Waals surface area contributed by atoms with E-state index in [0.717, 1.165) is 36.7 Å². The van der Waals surface area contributed by atoms with Gasteiger partial charge in [-0.1, -0.05) is 22.0 Å². The van der Waals surface area contributed by atoms with Gasteiger partial charge in [0.1, 0.15) is 0 Å². The Labute approximate surface area is 123 Å². The molecule has 1 aliphatic heterocycles. The van der Waals surface area contributed by atoms with Crippen LogP contribution in [0.1, 0.15) is 24.8 Å². The molecule has 0 amide bonds. The van der Waals surface area contributed by atoms with E-state index in [2.05, 4.69) is 51.4 Å². The van der Waals surface area contributed by atoms with Crippen LogP contribution in [0.5, 0.6) is 0 Å². The molecule has 1 aliphatic carbocycles. The fraction of sp³-hybridized carbons (Fsp3) is 0.600. The molecule has 1 aromatic carbocycles. The van der Waals surface area contributed by atoms with Crippen molar-refractivity contribution in [1.82, 2.24) is 5.32 Å². The van der Waals surface area contributed by atoms with Gasteiger partial charge in [0.25, 0.3) is 0 Å². The molecule has 0 radical (unpaired) electrons. The first kappa shape index (κ1) is 13.4. The molecule has 2 fully saturated rings. The van der Waals surface area contributed by atoms with Crippen LogP contribution in [-0.4, -0.2) is 32.3 Å². The number of hydrogen-bond acceptors (Lipinski definition) is 3. The van der Waals surface area contributed by atoms with Crippen molar-refractivity contribution in [2.75, 3.05) is 25.2 Å². The van der Waals surface area contributed by atoms with Gasteiger partial charge in [-0.2, -0.15) is 0 Å². The summed E-state index contributed by atoms with van der Waals surface area (Å²) in [4.78, 5) is 2.38. The molecule has 1 atom stereocenters. The van der Waals surface area contributed by atoms with Crippen LogP contribution >= 0.6 is 15.9 Å². The normalized spacial score (nSPS) is 22.7. The third-order valence-corrected chi connectivity index (χ3v) is 4.53. The van der Waals surface area contributed by atoms with Crippen molar-refractivity contribution in [1.29, 1.82) is 0 Å². The van der Waals surface area contributed by atoms with Crippen LogP contribution in [0.25, 0.3) is 0 Å². The molecule has 104 valence electrons. The first-order valence-electron chi connectivity index (χ1n) is 7.06. The highest BCUT2D eigenvalue weighted by atomic mass is 79.9. The number of rotatable bonds is 5. The summed E-state index contributed by atoms with van der Waals surface area (Å²) in [6.07, 6.45) is 3.79. The van der Waals surface area contributed by atoms with Gasteiger partial charge in [0.05, 0.1) is 12.6 Å². The summed E-state index contributed by atoms with van der Waals surface area (Å²) in [6, 6.07) is 7.83. The van der Waals surface area contributed by atoms with E-state index in [0.29, 0.717) is 6.04 Å². The lowest BCUT2D eigenvalue weighted by Crippen LogP contribution is -2.33. The molecule has 19 heavy (non-hydrogen) atoms. The topological polar surface area (TPSA) is 24.5 Å². The summed E-state index contributed by atoms with van der Waals surface area (Å²) in [5.41, 5.74) is 2.70. The van der Waals surface area contributed by atoms with Gasteiger partial charge in [0.2, 0.25) is 0 Å². The molecule has 1 heterocycles. The van der Waals surface area contributed by atoms with Gasteiger partial charge in [-0.3, -0.25) is 0 Å². The Balaban J connectivity index is 1.77. The maximum absolute atomic E-state index is 5.51.